The first kappa shape index (κ1) is 28.0. The molecule has 4 rings (SSSR count). The molecule has 10 heteroatoms. The molecule has 0 amide bonds. The summed E-state index contributed by atoms with van der Waals surface area (Å²) in [5.41, 5.74) is 1.94. The van der Waals surface area contributed by atoms with Gasteiger partial charge in [-0.2, -0.15) is 8.42 Å². The smallest absolute Gasteiger partial charge is 0.297 e. The second-order valence-electron chi connectivity index (χ2n) is 10.2. The summed E-state index contributed by atoms with van der Waals surface area (Å²) in [6.45, 7) is 9.45. The number of ether oxygens (including phenoxy) is 6. The van der Waals surface area contributed by atoms with E-state index in [1.165, 1.54) is 12.1 Å². The molecule has 2 heterocycles. The van der Waals surface area contributed by atoms with Crippen LogP contribution in [0, 0.1) is 6.92 Å². The lowest BCUT2D eigenvalue weighted by molar-refractivity contribution is -0.175. The largest absolute Gasteiger partial charge is 0.497 e. The first-order valence-electron chi connectivity index (χ1n) is 12.3. The fraction of sp³-hybridized carbons (Fsp3) is 0.556. The maximum atomic E-state index is 12.8. The SMILES string of the molecule is COc1ccc(COC[C@H]2OC(C)(C)O[C@@H]2[C@H]2OC(C)(C)O[C@@H]2COS(=O)(=O)c2ccc(C)cc2)cc1. The minimum Gasteiger partial charge on any atom is -0.497 e. The molecule has 0 bridgehead atoms. The Kier molecular flexibility index (Phi) is 8.30. The van der Waals surface area contributed by atoms with E-state index in [0.29, 0.717) is 6.61 Å². The van der Waals surface area contributed by atoms with Gasteiger partial charge in [-0.15, -0.1) is 0 Å². The molecule has 2 fully saturated rings. The average molecular weight is 537 g/mol. The van der Waals surface area contributed by atoms with Gasteiger partial charge in [-0.05, 0) is 64.4 Å². The average Bonchev–Trinajstić information content (AvgIpc) is 3.32. The highest BCUT2D eigenvalue weighted by atomic mass is 32.2. The number of hydrogen-bond donors (Lipinski definition) is 0. The molecule has 0 N–H and O–H groups in total. The predicted octanol–water partition coefficient (Wildman–Crippen LogP) is 3.97. The van der Waals surface area contributed by atoms with Crippen molar-refractivity contribution < 1.29 is 41.0 Å². The van der Waals surface area contributed by atoms with Crippen LogP contribution in [0.25, 0.3) is 0 Å². The van der Waals surface area contributed by atoms with E-state index in [-0.39, 0.29) is 18.1 Å². The van der Waals surface area contributed by atoms with E-state index in [2.05, 4.69) is 0 Å². The molecule has 0 unspecified atom stereocenters. The van der Waals surface area contributed by atoms with Gasteiger partial charge in [0, 0.05) is 0 Å². The first-order chi connectivity index (χ1) is 17.4. The van der Waals surface area contributed by atoms with Crippen LogP contribution in [0.5, 0.6) is 5.75 Å². The number of benzene rings is 2. The highest BCUT2D eigenvalue weighted by Gasteiger charge is 2.54. The number of methoxy groups -OCH3 is 1. The maximum absolute atomic E-state index is 12.8. The molecule has 2 saturated heterocycles. The summed E-state index contributed by atoms with van der Waals surface area (Å²) in [5, 5.41) is 0. The number of rotatable bonds is 10. The molecule has 2 aromatic carbocycles. The molecule has 37 heavy (non-hydrogen) atoms. The number of hydrogen-bond acceptors (Lipinski definition) is 9. The summed E-state index contributed by atoms with van der Waals surface area (Å²) in [6, 6.07) is 14.1. The fourth-order valence-corrected chi connectivity index (χ4v) is 5.40. The van der Waals surface area contributed by atoms with Crippen LogP contribution in [0.3, 0.4) is 0 Å². The molecule has 2 aromatic rings. The van der Waals surface area contributed by atoms with Gasteiger partial charge < -0.3 is 28.4 Å². The maximum Gasteiger partial charge on any atom is 0.297 e. The lowest BCUT2D eigenvalue weighted by Crippen LogP contribution is -2.45. The van der Waals surface area contributed by atoms with E-state index in [1.807, 2.05) is 45.0 Å². The van der Waals surface area contributed by atoms with Crippen LogP contribution >= 0.6 is 0 Å². The summed E-state index contributed by atoms with van der Waals surface area (Å²) in [7, 11) is -2.35. The van der Waals surface area contributed by atoms with Gasteiger partial charge in [-0.25, -0.2) is 0 Å². The molecular formula is C27H36O9S. The Morgan fingerprint density at radius 3 is 1.86 bits per heavy atom. The number of aryl methyl sites for hydroxylation is 1. The van der Waals surface area contributed by atoms with Gasteiger partial charge in [0.2, 0.25) is 0 Å². The van der Waals surface area contributed by atoms with E-state index in [9.17, 15) is 8.42 Å². The summed E-state index contributed by atoms with van der Waals surface area (Å²) in [6.07, 6.45) is -2.38. The molecule has 2 aliphatic heterocycles. The topological polar surface area (TPSA) is 98.8 Å². The molecule has 4 atom stereocenters. The Hall–Kier alpha value is -2.05. The third-order valence-electron chi connectivity index (χ3n) is 6.17. The second-order valence-corrected chi connectivity index (χ2v) is 11.8. The molecule has 9 nitrogen and oxygen atoms in total. The quantitative estimate of drug-likeness (QED) is 0.418. The van der Waals surface area contributed by atoms with Crippen LogP contribution in [0.4, 0.5) is 0 Å². The van der Waals surface area contributed by atoms with Crippen molar-refractivity contribution in [3.8, 4) is 5.75 Å². The van der Waals surface area contributed by atoms with Gasteiger partial charge >= 0.3 is 0 Å². The molecule has 2 aliphatic rings. The van der Waals surface area contributed by atoms with Gasteiger partial charge in [0.15, 0.2) is 11.6 Å². The van der Waals surface area contributed by atoms with Crippen molar-refractivity contribution in [1.29, 1.82) is 0 Å². The highest BCUT2D eigenvalue weighted by molar-refractivity contribution is 7.86. The molecule has 0 aromatic heterocycles. The Morgan fingerprint density at radius 2 is 1.32 bits per heavy atom. The molecule has 0 radical (unpaired) electrons. The molecule has 0 saturated carbocycles. The van der Waals surface area contributed by atoms with Crippen molar-refractivity contribution in [2.45, 2.75) is 82.1 Å². The van der Waals surface area contributed by atoms with Gasteiger partial charge in [0.1, 0.15) is 30.2 Å². The van der Waals surface area contributed by atoms with Crippen molar-refractivity contribution in [2.75, 3.05) is 20.3 Å². The van der Waals surface area contributed by atoms with Crippen LogP contribution in [0.15, 0.2) is 53.4 Å². The minimum atomic E-state index is -3.98. The Morgan fingerprint density at radius 1 is 0.784 bits per heavy atom. The van der Waals surface area contributed by atoms with E-state index in [0.717, 1.165) is 16.9 Å². The lowest BCUT2D eigenvalue weighted by atomic mass is 10.0. The highest BCUT2D eigenvalue weighted by Crippen LogP contribution is 2.39. The first-order valence-corrected chi connectivity index (χ1v) is 13.7. The van der Waals surface area contributed by atoms with Crippen molar-refractivity contribution >= 4 is 10.1 Å². The standard InChI is InChI=1S/C27H36O9S/c1-18-7-13-21(14-8-18)37(28,29)32-17-23-25(36-27(4,5)34-23)24-22(33-26(2,3)35-24)16-31-15-19-9-11-20(30-6)12-10-19/h7-14,22-25H,15-17H2,1-6H3/t22-,23-,24+,25+/m1/s1. The Labute approximate surface area is 219 Å². The van der Waals surface area contributed by atoms with E-state index in [1.54, 1.807) is 33.1 Å². The molecule has 204 valence electrons. The van der Waals surface area contributed by atoms with Crippen molar-refractivity contribution in [2.24, 2.45) is 0 Å². The minimum absolute atomic E-state index is 0.0826. The summed E-state index contributed by atoms with van der Waals surface area (Å²) >= 11 is 0. The van der Waals surface area contributed by atoms with Gasteiger partial charge in [-0.1, -0.05) is 29.8 Å². The van der Waals surface area contributed by atoms with Crippen LogP contribution in [0.1, 0.15) is 38.8 Å². The van der Waals surface area contributed by atoms with E-state index in [4.69, 9.17) is 32.6 Å². The summed E-state index contributed by atoms with van der Waals surface area (Å²) in [5.74, 6) is -1.07. The zero-order chi connectivity index (χ0) is 26.8. The third kappa shape index (κ3) is 7.08. The lowest BCUT2D eigenvalue weighted by Gasteiger charge is -2.26. The summed E-state index contributed by atoms with van der Waals surface area (Å²) < 4.78 is 66.6. The fourth-order valence-electron chi connectivity index (χ4n) is 4.49. The van der Waals surface area contributed by atoms with Crippen molar-refractivity contribution in [3.63, 3.8) is 0 Å². The van der Waals surface area contributed by atoms with E-state index >= 15 is 0 Å². The van der Waals surface area contributed by atoms with Crippen molar-refractivity contribution in [1.82, 2.24) is 0 Å². The molecular weight excluding hydrogens is 500 g/mol. The van der Waals surface area contributed by atoms with E-state index < -0.39 is 46.1 Å². The molecule has 0 aliphatic carbocycles. The predicted molar refractivity (Wildman–Crippen MR) is 135 cm³/mol. The van der Waals surface area contributed by atoms with Crippen molar-refractivity contribution in [3.05, 3.63) is 59.7 Å². The van der Waals surface area contributed by atoms with Crippen LogP contribution in [-0.2, 0) is 44.6 Å². The Balaban J connectivity index is 1.43. The molecule has 0 spiro atoms. The Bertz CT molecular complexity index is 1140. The van der Waals surface area contributed by atoms with Crippen LogP contribution in [0.2, 0.25) is 0 Å². The van der Waals surface area contributed by atoms with Gasteiger partial charge in [-0.3, -0.25) is 4.18 Å². The van der Waals surface area contributed by atoms with Crippen LogP contribution in [-0.4, -0.2) is 64.7 Å². The van der Waals surface area contributed by atoms with Crippen LogP contribution < -0.4 is 4.74 Å². The van der Waals surface area contributed by atoms with Gasteiger partial charge in [0.25, 0.3) is 10.1 Å². The monoisotopic (exact) mass is 536 g/mol. The summed E-state index contributed by atoms with van der Waals surface area (Å²) in [4.78, 5) is 0.0826. The third-order valence-corrected chi connectivity index (χ3v) is 7.47. The normalized spacial score (nSPS) is 26.9. The zero-order valence-corrected chi connectivity index (χ0v) is 22.9. The zero-order valence-electron chi connectivity index (χ0n) is 22.1. The second kappa shape index (κ2) is 11.0. The van der Waals surface area contributed by atoms with Gasteiger partial charge in [0.05, 0.1) is 31.8 Å².